The van der Waals surface area contributed by atoms with Gasteiger partial charge >= 0.3 is 6.03 Å². The van der Waals surface area contributed by atoms with Crippen LogP contribution in [0.4, 0.5) is 10.5 Å². The fraction of sp³-hybridized carbons (Fsp3) is 0.632. The fourth-order valence-corrected chi connectivity index (χ4v) is 4.62. The molecular formula is C19H30N3O+. The molecule has 2 fully saturated rings. The largest absolute Gasteiger partial charge is 0.335 e. The van der Waals surface area contributed by atoms with Crippen LogP contribution < -0.4 is 15.5 Å². The Morgan fingerprint density at radius 2 is 1.74 bits per heavy atom. The molecule has 2 aliphatic rings. The molecule has 1 aromatic rings. The molecule has 2 bridgehead atoms. The van der Waals surface area contributed by atoms with Crippen LogP contribution in [-0.2, 0) is 0 Å². The number of benzene rings is 1. The van der Waals surface area contributed by atoms with Gasteiger partial charge in [0.1, 0.15) is 0 Å². The van der Waals surface area contributed by atoms with Gasteiger partial charge in [-0.25, -0.2) is 4.79 Å². The maximum absolute atomic E-state index is 12.3. The van der Waals surface area contributed by atoms with Gasteiger partial charge < -0.3 is 15.5 Å². The van der Waals surface area contributed by atoms with Crippen LogP contribution in [0.3, 0.4) is 0 Å². The molecule has 3 rings (SSSR count). The number of anilines is 1. The fourth-order valence-electron chi connectivity index (χ4n) is 4.62. The Morgan fingerprint density at radius 3 is 2.30 bits per heavy atom. The van der Waals surface area contributed by atoms with E-state index in [-0.39, 0.29) is 6.03 Å². The molecule has 0 aromatic heterocycles. The lowest BCUT2D eigenvalue weighted by Gasteiger charge is -2.47. The van der Waals surface area contributed by atoms with Crippen LogP contribution >= 0.6 is 0 Å². The van der Waals surface area contributed by atoms with Crippen LogP contribution in [0.25, 0.3) is 0 Å². The lowest BCUT2D eigenvalue weighted by Crippen LogP contribution is -3.23. The third-order valence-corrected chi connectivity index (χ3v) is 5.50. The van der Waals surface area contributed by atoms with Crippen molar-refractivity contribution in [3.63, 3.8) is 0 Å². The molecule has 23 heavy (non-hydrogen) atoms. The number of carbonyl (C=O) groups excluding carboxylic acids is 1. The van der Waals surface area contributed by atoms with E-state index >= 15 is 0 Å². The van der Waals surface area contributed by atoms with Crippen molar-refractivity contribution in [2.24, 2.45) is 0 Å². The summed E-state index contributed by atoms with van der Waals surface area (Å²) in [6, 6.07) is 10.3. The van der Waals surface area contributed by atoms with Gasteiger partial charge in [-0.3, -0.25) is 0 Å². The first-order valence-electron chi connectivity index (χ1n) is 9.03. The topological polar surface area (TPSA) is 45.6 Å². The Labute approximate surface area is 139 Å². The zero-order chi connectivity index (χ0) is 16.4. The van der Waals surface area contributed by atoms with Crippen LogP contribution in [0.1, 0.15) is 51.5 Å². The van der Waals surface area contributed by atoms with Gasteiger partial charge in [-0.05, 0) is 52.2 Å². The van der Waals surface area contributed by atoms with Crippen LogP contribution in [-0.4, -0.2) is 30.2 Å². The maximum Gasteiger partial charge on any atom is 0.319 e. The summed E-state index contributed by atoms with van der Waals surface area (Å²) >= 11 is 0. The van der Waals surface area contributed by atoms with E-state index in [4.69, 9.17) is 0 Å². The van der Waals surface area contributed by atoms with Crippen molar-refractivity contribution in [1.82, 2.24) is 5.32 Å². The second kappa shape index (κ2) is 6.91. The van der Waals surface area contributed by atoms with Gasteiger partial charge in [-0.15, -0.1) is 0 Å². The second-order valence-electron chi connectivity index (χ2n) is 7.61. The molecule has 3 N–H and O–H groups in total. The minimum atomic E-state index is -0.0649. The summed E-state index contributed by atoms with van der Waals surface area (Å²) < 4.78 is 0. The molecule has 0 saturated carbocycles. The third kappa shape index (κ3) is 3.86. The smallest absolute Gasteiger partial charge is 0.319 e. The summed E-state index contributed by atoms with van der Waals surface area (Å²) in [5, 5.41) is 6.17. The minimum absolute atomic E-state index is 0.0649. The number of urea groups is 1. The maximum atomic E-state index is 12.3. The second-order valence-corrected chi connectivity index (χ2v) is 7.61. The highest BCUT2D eigenvalue weighted by Gasteiger charge is 2.43. The SMILES string of the molecule is Cc1ccc(NC(=O)NC2C[C@H]3CCC[C@H](C2)[NH+]3C(C)C)cc1. The molecule has 4 nitrogen and oxygen atoms in total. The predicted octanol–water partition coefficient (Wildman–Crippen LogP) is 2.49. The highest BCUT2D eigenvalue weighted by Crippen LogP contribution is 2.23. The van der Waals surface area contributed by atoms with E-state index in [2.05, 4.69) is 24.5 Å². The molecule has 2 aliphatic heterocycles. The van der Waals surface area contributed by atoms with Crippen LogP contribution in [0, 0.1) is 6.92 Å². The van der Waals surface area contributed by atoms with Gasteiger partial charge in [0.25, 0.3) is 0 Å². The Balaban J connectivity index is 1.56. The van der Waals surface area contributed by atoms with E-state index < -0.39 is 0 Å². The highest BCUT2D eigenvalue weighted by atomic mass is 16.2. The molecule has 0 unspecified atom stereocenters. The first-order valence-corrected chi connectivity index (χ1v) is 9.03. The number of rotatable bonds is 3. The van der Waals surface area contributed by atoms with Crippen molar-refractivity contribution >= 4 is 11.7 Å². The zero-order valence-electron chi connectivity index (χ0n) is 14.6. The van der Waals surface area contributed by atoms with Crippen LogP contribution in [0.5, 0.6) is 0 Å². The van der Waals surface area contributed by atoms with Crippen molar-refractivity contribution in [1.29, 1.82) is 0 Å². The number of nitrogens with one attached hydrogen (secondary N) is 3. The summed E-state index contributed by atoms with van der Waals surface area (Å²) in [5.41, 5.74) is 2.06. The predicted molar refractivity (Wildman–Crippen MR) is 93.9 cm³/mol. The molecule has 0 spiro atoms. The Bertz CT molecular complexity index is 526. The minimum Gasteiger partial charge on any atom is -0.335 e. The lowest BCUT2D eigenvalue weighted by atomic mass is 9.81. The average Bonchev–Trinajstić information content (AvgIpc) is 2.48. The summed E-state index contributed by atoms with van der Waals surface area (Å²) in [5.74, 6) is 0. The van der Waals surface area contributed by atoms with Gasteiger partial charge in [0, 0.05) is 24.6 Å². The normalized spacial score (nSPS) is 30.1. The summed E-state index contributed by atoms with van der Waals surface area (Å²) in [6.07, 6.45) is 6.20. The van der Waals surface area contributed by atoms with Gasteiger partial charge in [-0.1, -0.05) is 17.7 Å². The number of hydrogen-bond acceptors (Lipinski definition) is 1. The first-order chi connectivity index (χ1) is 11.0. The van der Waals surface area contributed by atoms with E-state index in [0.29, 0.717) is 24.2 Å². The first kappa shape index (κ1) is 16.3. The zero-order valence-corrected chi connectivity index (χ0v) is 14.6. The van der Waals surface area contributed by atoms with Gasteiger partial charge in [-0.2, -0.15) is 0 Å². The quantitative estimate of drug-likeness (QED) is 0.788. The monoisotopic (exact) mass is 316 g/mol. The molecule has 126 valence electrons. The molecule has 2 saturated heterocycles. The Kier molecular flexibility index (Phi) is 4.90. The summed E-state index contributed by atoms with van der Waals surface area (Å²) in [6.45, 7) is 6.71. The van der Waals surface area contributed by atoms with E-state index in [1.807, 2.05) is 31.2 Å². The molecule has 2 heterocycles. The summed E-state index contributed by atoms with van der Waals surface area (Å²) in [4.78, 5) is 14.0. The van der Waals surface area contributed by atoms with E-state index in [0.717, 1.165) is 18.5 Å². The molecular weight excluding hydrogens is 286 g/mol. The summed E-state index contributed by atoms with van der Waals surface area (Å²) in [7, 11) is 0. The third-order valence-electron chi connectivity index (χ3n) is 5.50. The van der Waals surface area contributed by atoms with E-state index in [9.17, 15) is 4.79 Å². The number of quaternary nitrogens is 1. The Hall–Kier alpha value is -1.55. The van der Waals surface area contributed by atoms with Crippen molar-refractivity contribution in [2.75, 3.05) is 5.32 Å². The highest BCUT2D eigenvalue weighted by molar-refractivity contribution is 5.89. The number of aryl methyl sites for hydroxylation is 1. The molecule has 1 aromatic carbocycles. The molecule has 2 atom stereocenters. The standard InChI is InChI=1S/C19H29N3O/c1-13(2)22-17-5-4-6-18(22)12-16(11-17)21-19(23)20-15-9-7-14(3)8-10-15/h7-10,13,16-18H,4-6,11-12H2,1-3H3,(H2,20,21,23)/p+1/t17-,18-/m1/s1. The number of amides is 2. The van der Waals surface area contributed by atoms with E-state index in [1.54, 1.807) is 4.90 Å². The molecule has 0 radical (unpaired) electrons. The van der Waals surface area contributed by atoms with Gasteiger partial charge in [0.15, 0.2) is 0 Å². The van der Waals surface area contributed by atoms with Crippen LogP contribution in [0.2, 0.25) is 0 Å². The number of hydrogen-bond donors (Lipinski definition) is 3. The molecule has 2 amide bonds. The van der Waals surface area contributed by atoms with Crippen molar-refractivity contribution in [2.45, 2.75) is 77.0 Å². The van der Waals surface area contributed by atoms with Crippen molar-refractivity contribution < 1.29 is 9.69 Å². The number of carbonyl (C=O) groups is 1. The molecule has 4 heteroatoms. The van der Waals surface area contributed by atoms with Crippen molar-refractivity contribution in [3.05, 3.63) is 29.8 Å². The van der Waals surface area contributed by atoms with Crippen LogP contribution in [0.15, 0.2) is 24.3 Å². The average molecular weight is 316 g/mol. The lowest BCUT2D eigenvalue weighted by molar-refractivity contribution is -0.980. The number of piperidine rings is 2. The van der Waals surface area contributed by atoms with Gasteiger partial charge in [0.05, 0.1) is 18.1 Å². The van der Waals surface area contributed by atoms with Crippen molar-refractivity contribution in [3.8, 4) is 0 Å². The number of fused-ring (bicyclic) bond motifs is 2. The molecule has 0 aliphatic carbocycles. The van der Waals surface area contributed by atoms with E-state index in [1.165, 1.54) is 24.8 Å². The Morgan fingerprint density at radius 1 is 1.13 bits per heavy atom. The van der Waals surface area contributed by atoms with Gasteiger partial charge in [0.2, 0.25) is 0 Å².